The molecule has 2 heteroatoms. The molecule has 0 fully saturated rings. The average Bonchev–Trinajstić information content (AvgIpc) is 2.25. The Balaban J connectivity index is 2.46. The average molecular weight is 237 g/mol. The molecule has 0 N–H and O–H groups in total. The summed E-state index contributed by atoms with van der Waals surface area (Å²) >= 11 is 0. The molecule has 0 spiro atoms. The molecule has 0 atom stereocenters. The van der Waals surface area contributed by atoms with Crippen molar-refractivity contribution < 1.29 is 4.79 Å². The first-order valence-corrected chi connectivity index (χ1v) is 6.78. The van der Waals surface area contributed by atoms with Gasteiger partial charge in [0.25, 0.3) is 0 Å². The van der Waals surface area contributed by atoms with Crippen LogP contribution < -0.4 is 0 Å². The van der Waals surface area contributed by atoms with Crippen LogP contribution in [0.25, 0.3) is 0 Å². The van der Waals surface area contributed by atoms with Crippen LogP contribution in [0.15, 0.2) is 11.6 Å². The van der Waals surface area contributed by atoms with Gasteiger partial charge >= 0.3 is 0 Å². The SMILES string of the molecule is CC(C)CCC(=O)N1CC=C(C(C)(C)C)CC1. The fourth-order valence-electron chi connectivity index (χ4n) is 2.15. The van der Waals surface area contributed by atoms with Gasteiger partial charge in [-0.3, -0.25) is 4.79 Å². The first kappa shape index (κ1) is 14.3. The maximum absolute atomic E-state index is 12.0. The van der Waals surface area contributed by atoms with Crippen molar-refractivity contribution in [2.45, 2.75) is 53.9 Å². The summed E-state index contributed by atoms with van der Waals surface area (Å²) in [7, 11) is 0. The third kappa shape index (κ3) is 4.53. The van der Waals surface area contributed by atoms with E-state index in [1.807, 2.05) is 4.90 Å². The van der Waals surface area contributed by atoms with Crippen molar-refractivity contribution in [1.82, 2.24) is 4.90 Å². The second kappa shape index (κ2) is 5.70. The molecule has 0 bridgehead atoms. The molecule has 98 valence electrons. The second-order valence-corrected chi connectivity index (χ2v) is 6.50. The van der Waals surface area contributed by atoms with Gasteiger partial charge in [-0.2, -0.15) is 0 Å². The Labute approximate surface area is 106 Å². The molecule has 0 unspecified atom stereocenters. The molecule has 0 saturated carbocycles. The Hall–Kier alpha value is -0.790. The normalized spacial score (nSPS) is 17.3. The number of amides is 1. The highest BCUT2D eigenvalue weighted by molar-refractivity contribution is 5.76. The van der Waals surface area contributed by atoms with Crippen LogP contribution in [0.4, 0.5) is 0 Å². The van der Waals surface area contributed by atoms with E-state index in [0.717, 1.165) is 25.9 Å². The molecular weight excluding hydrogens is 210 g/mol. The lowest BCUT2D eigenvalue weighted by atomic mass is 9.83. The zero-order valence-corrected chi connectivity index (χ0v) is 12.0. The highest BCUT2D eigenvalue weighted by Crippen LogP contribution is 2.30. The second-order valence-electron chi connectivity index (χ2n) is 6.50. The van der Waals surface area contributed by atoms with Crippen LogP contribution in [0.1, 0.15) is 53.9 Å². The summed E-state index contributed by atoms with van der Waals surface area (Å²) in [5, 5.41) is 0. The minimum Gasteiger partial charge on any atom is -0.339 e. The minimum atomic E-state index is 0.257. The summed E-state index contributed by atoms with van der Waals surface area (Å²) in [6.45, 7) is 12.8. The summed E-state index contributed by atoms with van der Waals surface area (Å²) in [5.74, 6) is 0.937. The fraction of sp³-hybridized carbons (Fsp3) is 0.800. The number of carbonyl (C=O) groups is 1. The molecule has 0 aromatic rings. The largest absolute Gasteiger partial charge is 0.339 e. The highest BCUT2D eigenvalue weighted by atomic mass is 16.2. The van der Waals surface area contributed by atoms with Gasteiger partial charge in [-0.15, -0.1) is 0 Å². The van der Waals surface area contributed by atoms with E-state index in [0.29, 0.717) is 18.2 Å². The van der Waals surface area contributed by atoms with Crippen LogP contribution >= 0.6 is 0 Å². The summed E-state index contributed by atoms with van der Waals surface area (Å²) in [6.07, 6.45) is 5.00. The predicted molar refractivity (Wildman–Crippen MR) is 72.8 cm³/mol. The Morgan fingerprint density at radius 3 is 2.47 bits per heavy atom. The molecule has 1 aliphatic heterocycles. The molecule has 0 aromatic heterocycles. The van der Waals surface area contributed by atoms with Gasteiger partial charge in [-0.1, -0.05) is 46.3 Å². The van der Waals surface area contributed by atoms with Gasteiger partial charge in [-0.25, -0.2) is 0 Å². The summed E-state index contributed by atoms with van der Waals surface area (Å²) < 4.78 is 0. The van der Waals surface area contributed by atoms with E-state index in [1.165, 1.54) is 5.57 Å². The lowest BCUT2D eigenvalue weighted by molar-refractivity contribution is -0.131. The Morgan fingerprint density at radius 1 is 1.41 bits per heavy atom. The van der Waals surface area contributed by atoms with E-state index < -0.39 is 0 Å². The quantitative estimate of drug-likeness (QED) is 0.686. The lowest BCUT2D eigenvalue weighted by Crippen LogP contribution is -2.36. The molecule has 0 aliphatic carbocycles. The molecule has 0 aromatic carbocycles. The highest BCUT2D eigenvalue weighted by Gasteiger charge is 2.23. The van der Waals surface area contributed by atoms with E-state index >= 15 is 0 Å². The van der Waals surface area contributed by atoms with Gasteiger partial charge in [0.1, 0.15) is 0 Å². The van der Waals surface area contributed by atoms with Crippen LogP contribution in [-0.2, 0) is 4.79 Å². The Kier molecular flexibility index (Phi) is 4.79. The van der Waals surface area contributed by atoms with Gasteiger partial charge < -0.3 is 4.90 Å². The molecule has 2 nitrogen and oxygen atoms in total. The van der Waals surface area contributed by atoms with Gasteiger partial charge in [0.2, 0.25) is 5.91 Å². The third-order valence-corrected chi connectivity index (χ3v) is 3.46. The maximum atomic E-state index is 12.0. The maximum Gasteiger partial charge on any atom is 0.222 e. The van der Waals surface area contributed by atoms with Crippen molar-refractivity contribution in [2.75, 3.05) is 13.1 Å². The van der Waals surface area contributed by atoms with E-state index in [4.69, 9.17) is 0 Å². The zero-order chi connectivity index (χ0) is 13.1. The summed E-state index contributed by atoms with van der Waals surface area (Å²) in [6, 6.07) is 0. The van der Waals surface area contributed by atoms with Crippen LogP contribution in [-0.4, -0.2) is 23.9 Å². The van der Waals surface area contributed by atoms with Gasteiger partial charge in [0.05, 0.1) is 0 Å². The first-order chi connectivity index (χ1) is 7.80. The topological polar surface area (TPSA) is 20.3 Å². The van der Waals surface area contributed by atoms with Crippen LogP contribution in [0.3, 0.4) is 0 Å². The predicted octanol–water partition coefficient (Wildman–Crippen LogP) is 3.63. The van der Waals surface area contributed by atoms with Crippen molar-refractivity contribution in [3.05, 3.63) is 11.6 Å². The number of rotatable bonds is 3. The zero-order valence-electron chi connectivity index (χ0n) is 12.0. The monoisotopic (exact) mass is 237 g/mol. The van der Waals surface area contributed by atoms with Crippen LogP contribution in [0.2, 0.25) is 0 Å². The smallest absolute Gasteiger partial charge is 0.222 e. The summed E-state index contributed by atoms with van der Waals surface area (Å²) in [5.41, 5.74) is 1.75. The number of nitrogens with zero attached hydrogens (tertiary/aromatic N) is 1. The van der Waals surface area contributed by atoms with Crippen molar-refractivity contribution in [3.8, 4) is 0 Å². The van der Waals surface area contributed by atoms with Crippen molar-refractivity contribution >= 4 is 5.91 Å². The van der Waals surface area contributed by atoms with Crippen molar-refractivity contribution in [2.24, 2.45) is 11.3 Å². The molecule has 1 heterocycles. The van der Waals surface area contributed by atoms with Gasteiger partial charge in [0, 0.05) is 19.5 Å². The molecule has 0 radical (unpaired) electrons. The summed E-state index contributed by atoms with van der Waals surface area (Å²) in [4.78, 5) is 14.0. The van der Waals surface area contributed by atoms with Crippen LogP contribution in [0, 0.1) is 11.3 Å². The first-order valence-electron chi connectivity index (χ1n) is 6.78. The molecule has 1 amide bonds. The molecule has 0 saturated heterocycles. The van der Waals surface area contributed by atoms with Crippen molar-refractivity contribution in [3.63, 3.8) is 0 Å². The number of carbonyl (C=O) groups excluding carboxylic acids is 1. The van der Waals surface area contributed by atoms with Crippen molar-refractivity contribution in [1.29, 1.82) is 0 Å². The molecule has 17 heavy (non-hydrogen) atoms. The number of hydrogen-bond acceptors (Lipinski definition) is 1. The van der Waals surface area contributed by atoms with E-state index in [9.17, 15) is 4.79 Å². The molecular formula is C15H27NO. The van der Waals surface area contributed by atoms with Gasteiger partial charge in [0.15, 0.2) is 0 Å². The molecule has 1 rings (SSSR count). The third-order valence-electron chi connectivity index (χ3n) is 3.46. The standard InChI is InChI=1S/C15H27NO/c1-12(2)6-7-14(17)16-10-8-13(9-11-16)15(3,4)5/h8,12H,6-7,9-11H2,1-5H3. The van der Waals surface area contributed by atoms with E-state index in [-0.39, 0.29) is 5.41 Å². The Morgan fingerprint density at radius 2 is 2.06 bits per heavy atom. The minimum absolute atomic E-state index is 0.257. The fourth-order valence-corrected chi connectivity index (χ4v) is 2.15. The van der Waals surface area contributed by atoms with Gasteiger partial charge in [-0.05, 0) is 24.2 Å². The number of hydrogen-bond donors (Lipinski definition) is 0. The molecule has 1 aliphatic rings. The Bertz CT molecular complexity index is 297. The van der Waals surface area contributed by atoms with Crippen LogP contribution in [0.5, 0.6) is 0 Å². The van der Waals surface area contributed by atoms with E-state index in [2.05, 4.69) is 40.7 Å². The lowest BCUT2D eigenvalue weighted by Gasteiger charge is -2.32. The van der Waals surface area contributed by atoms with E-state index in [1.54, 1.807) is 0 Å².